The van der Waals surface area contributed by atoms with E-state index in [-0.39, 0.29) is 68.7 Å². The SMILES string of the molecule is N[C@@H](CS)C(=O)SSC(=O)[C@@H](N)CS.N[C@@H](Cc1c[nH]cn1)C(=O)O.N[C@@H](Cc1c[nH]cn1)C(=O)O.[Fe].[Fe]. The molecule has 0 unspecified atom stereocenters. The molecule has 0 bridgehead atoms. The van der Waals surface area contributed by atoms with Gasteiger partial charge in [0.05, 0.1) is 36.1 Å². The number of carbonyl (C=O) groups excluding carboxylic acids is 2. The molecule has 38 heavy (non-hydrogen) atoms. The molecule has 0 aliphatic rings. The van der Waals surface area contributed by atoms with Gasteiger partial charge in [0.25, 0.3) is 0 Å². The Balaban J connectivity index is -0.000000475. The fraction of sp³-hybridized carbons (Fsp3) is 0.444. The molecule has 20 heteroatoms. The summed E-state index contributed by atoms with van der Waals surface area (Å²) in [6, 6.07) is -3.01. The van der Waals surface area contributed by atoms with Gasteiger partial charge in [-0.1, -0.05) is 0 Å². The summed E-state index contributed by atoms with van der Waals surface area (Å²) in [5.41, 5.74) is 22.6. The second-order valence-electron chi connectivity index (χ2n) is 6.80. The third-order valence-electron chi connectivity index (χ3n) is 3.81. The van der Waals surface area contributed by atoms with E-state index >= 15 is 0 Å². The number of carboxylic acid groups (broad SMARTS) is 2. The maximum atomic E-state index is 11.1. The van der Waals surface area contributed by atoms with Gasteiger partial charge >= 0.3 is 11.9 Å². The summed E-state index contributed by atoms with van der Waals surface area (Å²) < 4.78 is 0. The summed E-state index contributed by atoms with van der Waals surface area (Å²) >= 11 is 7.74. The zero-order chi connectivity index (χ0) is 27.7. The van der Waals surface area contributed by atoms with Gasteiger partial charge in [0.15, 0.2) is 0 Å². The first kappa shape index (κ1) is 41.5. The first-order valence-corrected chi connectivity index (χ1v) is 13.4. The molecule has 0 aliphatic carbocycles. The van der Waals surface area contributed by atoms with Crippen LogP contribution in [0, 0.1) is 0 Å². The van der Waals surface area contributed by atoms with Gasteiger partial charge in [0.2, 0.25) is 10.2 Å². The number of H-pyrrole nitrogens is 2. The van der Waals surface area contributed by atoms with Crippen molar-refractivity contribution in [3.05, 3.63) is 36.4 Å². The van der Waals surface area contributed by atoms with E-state index in [2.05, 4.69) is 45.2 Å². The first-order valence-electron chi connectivity index (χ1n) is 9.99. The number of hydrogen-bond acceptors (Lipinski definition) is 14. The Hall–Kier alpha value is -1.02. The van der Waals surface area contributed by atoms with Crippen LogP contribution in [0.2, 0.25) is 0 Å². The number of nitrogens with two attached hydrogens (primary N) is 4. The summed E-state index contributed by atoms with van der Waals surface area (Å²) in [6.07, 6.45) is 6.76. The van der Waals surface area contributed by atoms with Gasteiger partial charge in [-0.25, -0.2) is 9.97 Å². The number of thiol groups is 2. The third kappa shape index (κ3) is 19.1. The van der Waals surface area contributed by atoms with Crippen LogP contribution in [0.25, 0.3) is 0 Å². The fourth-order valence-corrected chi connectivity index (χ4v) is 4.18. The summed E-state index contributed by atoms with van der Waals surface area (Å²) in [7, 11) is 1.60. The molecule has 0 radical (unpaired) electrons. The fourth-order valence-electron chi connectivity index (χ4n) is 1.79. The van der Waals surface area contributed by atoms with Gasteiger partial charge in [-0.15, -0.1) is 0 Å². The van der Waals surface area contributed by atoms with Crippen LogP contribution in [0.5, 0.6) is 0 Å². The summed E-state index contributed by atoms with van der Waals surface area (Å²) in [5.74, 6) is -1.49. The summed E-state index contributed by atoms with van der Waals surface area (Å²) in [5, 5.41) is 16.3. The summed E-state index contributed by atoms with van der Waals surface area (Å²) in [4.78, 5) is 55.9. The van der Waals surface area contributed by atoms with E-state index in [0.29, 0.717) is 11.4 Å². The van der Waals surface area contributed by atoms with Crippen LogP contribution < -0.4 is 22.9 Å². The Labute approximate surface area is 258 Å². The monoisotopic (exact) mass is 694 g/mol. The molecular formula is C18H30Fe2N8O6S4. The van der Waals surface area contributed by atoms with Crippen molar-refractivity contribution < 1.29 is 63.5 Å². The molecule has 0 spiro atoms. The zero-order valence-corrected chi connectivity index (χ0v) is 25.2. The molecule has 14 nitrogen and oxygen atoms in total. The number of nitrogens with one attached hydrogen (secondary N) is 2. The van der Waals surface area contributed by atoms with E-state index in [9.17, 15) is 19.2 Å². The average Bonchev–Trinajstić information content (AvgIpc) is 3.56. The predicted molar refractivity (Wildman–Crippen MR) is 145 cm³/mol. The molecule has 0 saturated heterocycles. The van der Waals surface area contributed by atoms with Gasteiger partial charge in [-0.3, -0.25) is 19.2 Å². The van der Waals surface area contributed by atoms with Crippen LogP contribution >= 0.6 is 46.8 Å². The standard InChI is InChI=1S/2C6H9N3O2.C6H12N2O2S4.2Fe/c2*7-5(6(10)11)1-4-2-8-3-9-4;7-3(1-11)5(9)13-14-6(10)4(8)2-12;;/h2*2-3,5H,1,7H2,(H,8,9)(H,10,11);3-4,11-12H,1-2,7-8H2;;/t2*5-;3-,4-;;/m000../s1. The quantitative estimate of drug-likeness (QED) is 0.0784. The molecule has 2 aromatic heterocycles. The second kappa shape index (κ2) is 23.8. The molecule has 2 rings (SSSR count). The molecule has 0 aromatic carbocycles. The largest absolute Gasteiger partial charge is 0.480 e. The minimum atomic E-state index is -1.01. The van der Waals surface area contributed by atoms with Crippen LogP contribution in [-0.4, -0.2) is 88.0 Å². The molecule has 0 aliphatic heterocycles. The van der Waals surface area contributed by atoms with Crippen molar-refractivity contribution in [1.29, 1.82) is 0 Å². The average molecular weight is 694 g/mol. The second-order valence-corrected chi connectivity index (χ2v) is 9.67. The molecular weight excluding hydrogens is 664 g/mol. The smallest absolute Gasteiger partial charge is 0.320 e. The van der Waals surface area contributed by atoms with Crippen LogP contribution in [0.4, 0.5) is 0 Å². The van der Waals surface area contributed by atoms with Gasteiger partial charge in [-0.2, -0.15) is 25.3 Å². The van der Waals surface area contributed by atoms with E-state index in [0.717, 1.165) is 21.6 Å². The number of aliphatic carboxylic acids is 2. The molecule has 0 saturated carbocycles. The van der Waals surface area contributed by atoms with Crippen LogP contribution in [-0.2, 0) is 66.2 Å². The van der Waals surface area contributed by atoms with Crippen LogP contribution in [0.15, 0.2) is 25.0 Å². The van der Waals surface area contributed by atoms with Gasteiger partial charge in [-0.05, 0) is 21.6 Å². The minimum Gasteiger partial charge on any atom is -0.480 e. The van der Waals surface area contributed by atoms with Gasteiger partial charge in [0.1, 0.15) is 12.1 Å². The Kier molecular flexibility index (Phi) is 26.0. The Bertz CT molecular complexity index is 856. The molecule has 4 atom stereocenters. The third-order valence-corrected chi connectivity index (χ3v) is 6.85. The molecule has 0 amide bonds. The molecule has 12 N–H and O–H groups in total. The molecule has 2 aromatic rings. The number of carboxylic acids is 2. The molecule has 0 fully saturated rings. The Morgan fingerprint density at radius 3 is 1.26 bits per heavy atom. The maximum absolute atomic E-state index is 11.1. The normalized spacial score (nSPS) is 12.9. The zero-order valence-electron chi connectivity index (χ0n) is 19.6. The van der Waals surface area contributed by atoms with E-state index in [1.807, 2.05) is 0 Å². The number of rotatable bonds is 10. The van der Waals surface area contributed by atoms with E-state index in [4.69, 9.17) is 33.1 Å². The van der Waals surface area contributed by atoms with Crippen molar-refractivity contribution in [2.75, 3.05) is 11.5 Å². The predicted octanol–water partition coefficient (Wildman–Crippen LogP) is -1.34. The number of nitrogens with zero attached hydrogens (tertiary/aromatic N) is 2. The number of aromatic nitrogens is 4. The number of imidazole rings is 2. The van der Waals surface area contributed by atoms with E-state index < -0.39 is 36.1 Å². The van der Waals surface area contributed by atoms with Crippen molar-refractivity contribution in [1.82, 2.24) is 19.9 Å². The Morgan fingerprint density at radius 1 is 0.737 bits per heavy atom. The van der Waals surface area contributed by atoms with Crippen molar-refractivity contribution in [3.63, 3.8) is 0 Å². The number of carbonyl (C=O) groups is 4. The van der Waals surface area contributed by atoms with Crippen molar-refractivity contribution >= 4 is 69.0 Å². The molecule has 218 valence electrons. The minimum absolute atomic E-state index is 0. The topological polar surface area (TPSA) is 270 Å². The maximum Gasteiger partial charge on any atom is 0.320 e. The van der Waals surface area contributed by atoms with Crippen LogP contribution in [0.1, 0.15) is 11.4 Å². The van der Waals surface area contributed by atoms with Crippen molar-refractivity contribution in [3.8, 4) is 0 Å². The van der Waals surface area contributed by atoms with Gasteiger partial charge < -0.3 is 43.1 Å². The van der Waals surface area contributed by atoms with E-state index in [1.165, 1.54) is 12.7 Å². The number of aromatic amines is 2. The summed E-state index contributed by atoms with van der Waals surface area (Å²) in [6.45, 7) is 0. The van der Waals surface area contributed by atoms with Gasteiger partial charge in [0, 0.05) is 70.9 Å². The Morgan fingerprint density at radius 2 is 1.05 bits per heavy atom. The first-order chi connectivity index (χ1) is 16.9. The molecule has 2 heterocycles. The van der Waals surface area contributed by atoms with E-state index in [1.54, 1.807) is 12.4 Å². The van der Waals surface area contributed by atoms with Crippen molar-refractivity contribution in [2.24, 2.45) is 22.9 Å². The number of hydrogen-bond donors (Lipinski definition) is 10. The van der Waals surface area contributed by atoms with Crippen LogP contribution in [0.3, 0.4) is 0 Å². The van der Waals surface area contributed by atoms with Crippen molar-refractivity contribution in [2.45, 2.75) is 37.0 Å².